The highest BCUT2D eigenvalue weighted by Crippen LogP contribution is 2.22. The van der Waals surface area contributed by atoms with Crippen molar-refractivity contribution in [2.75, 3.05) is 0 Å². The van der Waals surface area contributed by atoms with Crippen LogP contribution >= 0.6 is 11.6 Å². The van der Waals surface area contributed by atoms with Crippen LogP contribution in [0.2, 0.25) is 5.02 Å². The van der Waals surface area contributed by atoms with Gasteiger partial charge in [0.05, 0.1) is 11.8 Å². The highest BCUT2D eigenvalue weighted by molar-refractivity contribution is 6.30. The van der Waals surface area contributed by atoms with Crippen molar-refractivity contribution in [2.24, 2.45) is 10.8 Å². The first kappa shape index (κ1) is 17.0. The summed E-state index contributed by atoms with van der Waals surface area (Å²) in [5.41, 5.74) is 8.94. The number of hydrogen-bond acceptors (Lipinski definition) is 4. The van der Waals surface area contributed by atoms with Crippen molar-refractivity contribution in [3.05, 3.63) is 47.5 Å². The van der Waals surface area contributed by atoms with Gasteiger partial charge in [0, 0.05) is 10.6 Å². The Morgan fingerprint density at radius 1 is 1.43 bits per heavy atom. The molecular weight excluding hydrogens is 316 g/mol. The van der Waals surface area contributed by atoms with E-state index in [2.05, 4.69) is 27.5 Å². The Morgan fingerprint density at radius 2 is 2.17 bits per heavy atom. The van der Waals surface area contributed by atoms with Gasteiger partial charge in [0.25, 0.3) is 0 Å². The fourth-order valence-electron chi connectivity index (χ4n) is 2.24. The number of nitrogens with one attached hydrogen (secondary N) is 1. The van der Waals surface area contributed by atoms with E-state index in [1.807, 2.05) is 12.1 Å². The summed E-state index contributed by atoms with van der Waals surface area (Å²) in [4.78, 5) is 15.1. The maximum absolute atomic E-state index is 11.1. The molecule has 2 rings (SSSR count). The molecule has 122 valence electrons. The zero-order valence-electron chi connectivity index (χ0n) is 12.8. The van der Waals surface area contributed by atoms with Gasteiger partial charge in [-0.1, -0.05) is 43.5 Å². The van der Waals surface area contributed by atoms with Crippen LogP contribution in [-0.2, 0) is 0 Å². The summed E-state index contributed by atoms with van der Waals surface area (Å²) in [6.45, 7) is 2.11. The molecule has 2 aromatic rings. The van der Waals surface area contributed by atoms with E-state index in [1.54, 1.807) is 23.1 Å². The summed E-state index contributed by atoms with van der Waals surface area (Å²) < 4.78 is 1.73. The third-order valence-corrected chi connectivity index (χ3v) is 3.58. The monoisotopic (exact) mass is 334 g/mol. The Bertz CT molecular complexity index is 653. The summed E-state index contributed by atoms with van der Waals surface area (Å²) in [7, 11) is 0. The molecule has 7 nitrogen and oxygen atoms in total. The number of urea groups is 1. The van der Waals surface area contributed by atoms with Crippen LogP contribution in [0.4, 0.5) is 4.79 Å². The van der Waals surface area contributed by atoms with E-state index in [-0.39, 0.29) is 6.04 Å². The molecule has 0 bridgehead atoms. The molecule has 0 saturated heterocycles. The Labute approximate surface area is 139 Å². The summed E-state index contributed by atoms with van der Waals surface area (Å²) in [5.74, 6) is 0. The molecule has 1 heterocycles. The second-order valence-corrected chi connectivity index (χ2v) is 5.45. The average molecular weight is 335 g/mol. The van der Waals surface area contributed by atoms with Crippen molar-refractivity contribution in [2.45, 2.75) is 32.2 Å². The number of halogens is 1. The van der Waals surface area contributed by atoms with E-state index in [0.29, 0.717) is 10.7 Å². The van der Waals surface area contributed by atoms with Gasteiger partial charge in [-0.05, 0) is 18.6 Å². The number of carbonyl (C=O) groups is 1. The maximum Gasteiger partial charge on any atom is 0.332 e. The van der Waals surface area contributed by atoms with Gasteiger partial charge < -0.3 is 5.73 Å². The summed E-state index contributed by atoms with van der Waals surface area (Å²) in [5, 5.41) is 9.03. The molecule has 0 fully saturated rings. The van der Waals surface area contributed by atoms with E-state index in [9.17, 15) is 4.79 Å². The van der Waals surface area contributed by atoms with E-state index >= 15 is 0 Å². The molecule has 0 radical (unpaired) electrons. The number of rotatable bonds is 7. The standard InChI is InChI=1S/C15H19ClN6O/c1-2-3-4-13(22-10-18-9-19-22)14(20-21-15(17)23)11-5-7-12(16)8-6-11/h5-10,13H,2-4H2,1H3,(H3,17,21,23). The molecule has 1 aromatic heterocycles. The largest absolute Gasteiger partial charge is 0.350 e. The number of hydrazone groups is 1. The number of carbonyl (C=O) groups excluding carboxylic acids is 1. The second kappa shape index (κ2) is 8.28. The highest BCUT2D eigenvalue weighted by atomic mass is 35.5. The predicted molar refractivity (Wildman–Crippen MR) is 89.3 cm³/mol. The molecule has 1 unspecified atom stereocenters. The van der Waals surface area contributed by atoms with E-state index < -0.39 is 6.03 Å². The maximum atomic E-state index is 11.1. The number of nitrogens with two attached hydrogens (primary N) is 1. The summed E-state index contributed by atoms with van der Waals surface area (Å²) in [6.07, 6.45) is 5.92. The molecule has 8 heteroatoms. The van der Waals surface area contributed by atoms with Crippen LogP contribution in [0.25, 0.3) is 0 Å². The number of nitrogens with zero attached hydrogens (tertiary/aromatic N) is 4. The van der Waals surface area contributed by atoms with Gasteiger partial charge in [-0.15, -0.1) is 0 Å². The minimum atomic E-state index is -0.718. The molecule has 0 aliphatic carbocycles. The number of primary amides is 1. The molecular formula is C15H19ClN6O. The smallest absolute Gasteiger partial charge is 0.332 e. The zero-order chi connectivity index (χ0) is 16.7. The van der Waals surface area contributed by atoms with Crippen LogP contribution in [0.15, 0.2) is 42.0 Å². The fraction of sp³-hybridized carbons (Fsp3) is 0.333. The van der Waals surface area contributed by atoms with Crippen molar-refractivity contribution in [3.63, 3.8) is 0 Å². The number of aromatic nitrogens is 3. The summed E-state index contributed by atoms with van der Waals surface area (Å²) >= 11 is 5.95. The minimum Gasteiger partial charge on any atom is -0.350 e. The van der Waals surface area contributed by atoms with Gasteiger partial charge in [0.1, 0.15) is 12.7 Å². The SMILES string of the molecule is CCCCC(C(=NNC(N)=O)c1ccc(Cl)cc1)n1cncn1. The zero-order valence-corrected chi connectivity index (χ0v) is 13.6. The first-order chi connectivity index (χ1) is 11.1. The lowest BCUT2D eigenvalue weighted by molar-refractivity contribution is 0.249. The van der Waals surface area contributed by atoms with Crippen molar-refractivity contribution in [1.82, 2.24) is 20.2 Å². The highest BCUT2D eigenvalue weighted by Gasteiger charge is 2.21. The Hall–Kier alpha value is -2.41. The van der Waals surface area contributed by atoms with Gasteiger partial charge in [0.2, 0.25) is 0 Å². The molecule has 3 N–H and O–H groups in total. The quantitative estimate of drug-likeness (QED) is 0.601. The molecule has 0 aliphatic rings. The Balaban J connectivity index is 2.41. The lowest BCUT2D eigenvalue weighted by Gasteiger charge is -2.19. The second-order valence-electron chi connectivity index (χ2n) is 5.01. The first-order valence-corrected chi connectivity index (χ1v) is 7.72. The molecule has 1 atom stereocenters. The van der Waals surface area contributed by atoms with Crippen LogP contribution in [0.1, 0.15) is 37.8 Å². The molecule has 0 aliphatic heterocycles. The van der Waals surface area contributed by atoms with Crippen molar-refractivity contribution >= 4 is 23.3 Å². The molecule has 23 heavy (non-hydrogen) atoms. The van der Waals surface area contributed by atoms with E-state index in [4.69, 9.17) is 17.3 Å². The number of unbranched alkanes of at least 4 members (excludes halogenated alkanes) is 1. The fourth-order valence-corrected chi connectivity index (χ4v) is 2.36. The van der Waals surface area contributed by atoms with Gasteiger partial charge >= 0.3 is 6.03 Å². The van der Waals surface area contributed by atoms with Crippen molar-refractivity contribution in [1.29, 1.82) is 0 Å². The van der Waals surface area contributed by atoms with Gasteiger partial charge in [0.15, 0.2) is 0 Å². The Kier molecular flexibility index (Phi) is 6.10. The van der Waals surface area contributed by atoms with Gasteiger partial charge in [-0.2, -0.15) is 10.2 Å². The number of hydrogen-bond donors (Lipinski definition) is 2. The van der Waals surface area contributed by atoms with Crippen LogP contribution in [0, 0.1) is 0 Å². The molecule has 0 saturated carbocycles. The van der Waals surface area contributed by atoms with Gasteiger partial charge in [-0.3, -0.25) is 0 Å². The lowest BCUT2D eigenvalue weighted by atomic mass is 9.99. The van der Waals surface area contributed by atoms with Crippen LogP contribution in [-0.4, -0.2) is 26.5 Å². The van der Waals surface area contributed by atoms with Crippen molar-refractivity contribution < 1.29 is 4.79 Å². The van der Waals surface area contributed by atoms with Crippen molar-refractivity contribution in [3.8, 4) is 0 Å². The molecule has 1 aromatic carbocycles. The summed E-state index contributed by atoms with van der Waals surface area (Å²) in [6, 6.07) is 6.36. The van der Waals surface area contributed by atoms with Gasteiger partial charge in [-0.25, -0.2) is 19.9 Å². The molecule has 2 amide bonds. The number of amides is 2. The topological polar surface area (TPSA) is 98.2 Å². The number of benzene rings is 1. The van der Waals surface area contributed by atoms with E-state index in [0.717, 1.165) is 24.8 Å². The lowest BCUT2D eigenvalue weighted by Crippen LogP contribution is -2.29. The average Bonchev–Trinajstić information content (AvgIpc) is 3.05. The third-order valence-electron chi connectivity index (χ3n) is 3.33. The van der Waals surface area contributed by atoms with Crippen LogP contribution in [0.5, 0.6) is 0 Å². The van der Waals surface area contributed by atoms with Crippen LogP contribution in [0.3, 0.4) is 0 Å². The normalized spacial score (nSPS) is 12.9. The third kappa shape index (κ3) is 4.79. The Morgan fingerprint density at radius 3 is 2.74 bits per heavy atom. The minimum absolute atomic E-state index is 0.162. The van der Waals surface area contributed by atoms with E-state index in [1.165, 1.54) is 6.33 Å². The molecule has 0 spiro atoms. The predicted octanol–water partition coefficient (Wildman–Crippen LogP) is 2.74. The first-order valence-electron chi connectivity index (χ1n) is 7.35. The van der Waals surface area contributed by atoms with Crippen LogP contribution < -0.4 is 11.2 Å².